The third-order valence-electron chi connectivity index (χ3n) is 2.17. The van der Waals surface area contributed by atoms with Crippen LogP contribution in [0.25, 0.3) is 6.08 Å². The first-order valence-electron chi connectivity index (χ1n) is 4.19. The number of hydrogen-bond acceptors (Lipinski definition) is 1. The molecule has 1 aromatic carbocycles. The number of aliphatic carboxylic acids is 1. The Morgan fingerprint density at radius 3 is 2.57 bits per heavy atom. The molecule has 0 aliphatic carbocycles. The molecule has 2 nitrogen and oxygen atoms in total. The molecular weight excluding hydrogens is 183 g/mol. The van der Waals surface area contributed by atoms with E-state index < -0.39 is 5.97 Å². The molecule has 1 aromatic rings. The molecule has 0 bridgehead atoms. The number of carboxylic acid groups (broad SMARTS) is 1. The van der Waals surface area contributed by atoms with E-state index in [1.165, 1.54) is 12.1 Å². The Balaban J connectivity index is 3.12. The fraction of sp³-hybridized carbons (Fsp3) is 0.182. The normalized spacial score (nSPS) is 10.8. The first-order chi connectivity index (χ1) is 6.52. The first kappa shape index (κ1) is 10.4. The molecule has 0 aromatic heterocycles. The average molecular weight is 194 g/mol. The molecule has 0 atom stereocenters. The highest BCUT2D eigenvalue weighted by Crippen LogP contribution is 2.17. The molecule has 0 amide bonds. The van der Waals surface area contributed by atoms with E-state index in [9.17, 15) is 9.18 Å². The highest BCUT2D eigenvalue weighted by atomic mass is 19.1. The molecule has 0 spiro atoms. The van der Waals surface area contributed by atoms with Crippen LogP contribution >= 0.6 is 0 Å². The number of carboxylic acids is 1. The minimum atomic E-state index is -1.01. The molecule has 0 saturated heterocycles. The van der Waals surface area contributed by atoms with E-state index in [0.29, 0.717) is 5.56 Å². The maximum atomic E-state index is 13.0. The zero-order valence-corrected chi connectivity index (χ0v) is 8.04. The Kier molecular flexibility index (Phi) is 3.02. The molecule has 0 aliphatic rings. The van der Waals surface area contributed by atoms with Crippen molar-refractivity contribution in [2.45, 2.75) is 13.8 Å². The summed E-state index contributed by atoms with van der Waals surface area (Å²) in [5.74, 6) is -1.28. The molecular formula is C11H11FO2. The third kappa shape index (κ3) is 2.19. The standard InChI is InChI=1S/C11H11FO2/c1-7-8(2)10(12)5-3-9(7)4-6-11(13)14/h3-6H,1-2H3,(H,13,14). The Labute approximate surface area is 81.7 Å². The van der Waals surface area contributed by atoms with Gasteiger partial charge in [0.25, 0.3) is 0 Å². The third-order valence-corrected chi connectivity index (χ3v) is 2.17. The summed E-state index contributed by atoms with van der Waals surface area (Å²) in [7, 11) is 0. The summed E-state index contributed by atoms with van der Waals surface area (Å²) in [4.78, 5) is 10.3. The summed E-state index contributed by atoms with van der Waals surface area (Å²) in [5, 5.41) is 8.43. The lowest BCUT2D eigenvalue weighted by Gasteiger charge is -2.04. The van der Waals surface area contributed by atoms with Gasteiger partial charge in [0.15, 0.2) is 0 Å². The van der Waals surface area contributed by atoms with E-state index in [1.807, 2.05) is 0 Å². The lowest BCUT2D eigenvalue weighted by atomic mass is 10.0. The van der Waals surface area contributed by atoms with E-state index in [4.69, 9.17) is 5.11 Å². The van der Waals surface area contributed by atoms with Crippen molar-refractivity contribution >= 4 is 12.0 Å². The smallest absolute Gasteiger partial charge is 0.328 e. The van der Waals surface area contributed by atoms with Crippen LogP contribution in [0.4, 0.5) is 4.39 Å². The fourth-order valence-electron chi connectivity index (χ4n) is 1.15. The van der Waals surface area contributed by atoms with Crippen LogP contribution in [0, 0.1) is 19.7 Å². The number of halogens is 1. The zero-order valence-electron chi connectivity index (χ0n) is 8.04. The van der Waals surface area contributed by atoms with Crippen molar-refractivity contribution in [3.05, 3.63) is 40.7 Å². The van der Waals surface area contributed by atoms with Crippen LogP contribution in [-0.2, 0) is 4.79 Å². The quantitative estimate of drug-likeness (QED) is 0.734. The lowest BCUT2D eigenvalue weighted by Crippen LogP contribution is -1.92. The van der Waals surface area contributed by atoms with Gasteiger partial charge in [-0.15, -0.1) is 0 Å². The Morgan fingerprint density at radius 2 is 2.00 bits per heavy atom. The molecule has 1 N–H and O–H groups in total. The van der Waals surface area contributed by atoms with E-state index in [0.717, 1.165) is 17.2 Å². The van der Waals surface area contributed by atoms with Crippen LogP contribution < -0.4 is 0 Å². The van der Waals surface area contributed by atoms with E-state index in [1.54, 1.807) is 19.9 Å². The Bertz CT molecular complexity index is 395. The predicted octanol–water partition coefficient (Wildman–Crippen LogP) is 2.54. The minimum absolute atomic E-state index is 0.269. The summed E-state index contributed by atoms with van der Waals surface area (Å²) >= 11 is 0. The predicted molar refractivity (Wildman–Crippen MR) is 52.5 cm³/mol. The van der Waals surface area contributed by atoms with E-state index in [-0.39, 0.29) is 5.82 Å². The molecule has 0 fully saturated rings. The molecule has 3 heteroatoms. The van der Waals surface area contributed by atoms with Gasteiger partial charge in [-0.2, -0.15) is 0 Å². The highest BCUT2D eigenvalue weighted by Gasteiger charge is 2.03. The van der Waals surface area contributed by atoms with Crippen molar-refractivity contribution in [3.63, 3.8) is 0 Å². The van der Waals surface area contributed by atoms with Crippen LogP contribution in [0.3, 0.4) is 0 Å². The molecule has 0 radical (unpaired) electrons. The number of rotatable bonds is 2. The van der Waals surface area contributed by atoms with Crippen LogP contribution in [0.2, 0.25) is 0 Å². The van der Waals surface area contributed by atoms with Crippen LogP contribution in [0.15, 0.2) is 18.2 Å². The van der Waals surface area contributed by atoms with Crippen molar-refractivity contribution < 1.29 is 14.3 Å². The second kappa shape index (κ2) is 4.05. The Morgan fingerprint density at radius 1 is 1.36 bits per heavy atom. The maximum absolute atomic E-state index is 13.0. The second-order valence-electron chi connectivity index (χ2n) is 3.06. The molecule has 0 heterocycles. The molecule has 0 saturated carbocycles. The van der Waals surface area contributed by atoms with Gasteiger partial charge in [-0.3, -0.25) is 0 Å². The van der Waals surface area contributed by atoms with E-state index >= 15 is 0 Å². The van der Waals surface area contributed by atoms with Gasteiger partial charge in [0, 0.05) is 6.08 Å². The largest absolute Gasteiger partial charge is 0.478 e. The fourth-order valence-corrected chi connectivity index (χ4v) is 1.15. The van der Waals surface area contributed by atoms with Gasteiger partial charge in [-0.25, -0.2) is 9.18 Å². The van der Waals surface area contributed by atoms with Crippen LogP contribution in [0.5, 0.6) is 0 Å². The molecule has 1 rings (SSSR count). The molecule has 14 heavy (non-hydrogen) atoms. The van der Waals surface area contributed by atoms with Crippen molar-refractivity contribution in [2.24, 2.45) is 0 Å². The molecule has 0 unspecified atom stereocenters. The van der Waals surface area contributed by atoms with Crippen molar-refractivity contribution in [3.8, 4) is 0 Å². The monoisotopic (exact) mass is 194 g/mol. The van der Waals surface area contributed by atoms with E-state index in [2.05, 4.69) is 0 Å². The maximum Gasteiger partial charge on any atom is 0.328 e. The lowest BCUT2D eigenvalue weighted by molar-refractivity contribution is -0.131. The van der Waals surface area contributed by atoms with Gasteiger partial charge >= 0.3 is 5.97 Å². The highest BCUT2D eigenvalue weighted by molar-refractivity contribution is 5.85. The minimum Gasteiger partial charge on any atom is -0.478 e. The SMILES string of the molecule is Cc1c(F)ccc(C=CC(=O)O)c1C. The Hall–Kier alpha value is -1.64. The van der Waals surface area contributed by atoms with Gasteiger partial charge in [0.1, 0.15) is 5.82 Å². The van der Waals surface area contributed by atoms with Gasteiger partial charge in [-0.1, -0.05) is 6.07 Å². The average Bonchev–Trinajstić information content (AvgIpc) is 2.13. The van der Waals surface area contributed by atoms with Crippen molar-refractivity contribution in [2.75, 3.05) is 0 Å². The number of benzene rings is 1. The summed E-state index contributed by atoms with van der Waals surface area (Å²) in [5.41, 5.74) is 2.05. The number of carbonyl (C=O) groups is 1. The zero-order chi connectivity index (χ0) is 10.7. The topological polar surface area (TPSA) is 37.3 Å². The second-order valence-corrected chi connectivity index (χ2v) is 3.06. The van der Waals surface area contributed by atoms with Gasteiger partial charge < -0.3 is 5.11 Å². The molecule has 74 valence electrons. The first-order valence-corrected chi connectivity index (χ1v) is 4.19. The van der Waals surface area contributed by atoms with Crippen molar-refractivity contribution in [1.82, 2.24) is 0 Å². The summed E-state index contributed by atoms with van der Waals surface area (Å²) in [6.07, 6.45) is 2.50. The van der Waals surface area contributed by atoms with Gasteiger partial charge in [0.2, 0.25) is 0 Å². The summed E-state index contributed by atoms with van der Waals surface area (Å²) < 4.78 is 13.0. The molecule has 0 aliphatic heterocycles. The van der Waals surface area contributed by atoms with Crippen molar-refractivity contribution in [1.29, 1.82) is 0 Å². The summed E-state index contributed by atoms with van der Waals surface area (Å²) in [6.45, 7) is 3.43. The van der Waals surface area contributed by atoms with Crippen LogP contribution in [0.1, 0.15) is 16.7 Å². The summed E-state index contributed by atoms with van der Waals surface area (Å²) in [6, 6.07) is 2.90. The van der Waals surface area contributed by atoms with Gasteiger partial charge in [0.05, 0.1) is 0 Å². The van der Waals surface area contributed by atoms with Gasteiger partial charge in [-0.05, 0) is 42.7 Å². The number of hydrogen-bond donors (Lipinski definition) is 1. The van der Waals surface area contributed by atoms with Crippen LogP contribution in [-0.4, -0.2) is 11.1 Å².